The molecule has 2 fully saturated rings. The van der Waals surface area contributed by atoms with Gasteiger partial charge in [-0.15, -0.1) is 0 Å². The number of sulfone groups is 1. The molecule has 2 saturated heterocycles. The smallest absolute Gasteiger partial charge is 0.326 e. The van der Waals surface area contributed by atoms with Crippen LogP contribution in [-0.4, -0.2) is 72.5 Å². The van der Waals surface area contributed by atoms with E-state index in [-0.39, 0.29) is 30.0 Å². The topological polar surface area (TPSA) is 95.0 Å². The fraction of sp³-hybridized carbons (Fsp3) is 0.846. The zero-order valence-corrected chi connectivity index (χ0v) is 13.0. The Morgan fingerprint density at radius 2 is 1.81 bits per heavy atom. The predicted molar refractivity (Wildman–Crippen MR) is 76.8 cm³/mol. The van der Waals surface area contributed by atoms with E-state index >= 15 is 0 Å². The molecule has 2 rings (SSSR count). The van der Waals surface area contributed by atoms with Gasteiger partial charge in [-0.05, 0) is 25.2 Å². The SMILES string of the molecule is CC1CCCN(C(=O)N2CCCS(=O)(=O)CC2)C1C(=O)O. The first kappa shape index (κ1) is 16.1. The van der Waals surface area contributed by atoms with Crippen molar-refractivity contribution in [2.45, 2.75) is 32.2 Å². The van der Waals surface area contributed by atoms with Crippen LogP contribution in [0.1, 0.15) is 26.2 Å². The minimum absolute atomic E-state index is 0.0418. The Labute approximate surface area is 124 Å². The first-order chi connectivity index (χ1) is 9.82. The molecule has 2 unspecified atom stereocenters. The van der Waals surface area contributed by atoms with Gasteiger partial charge in [-0.2, -0.15) is 0 Å². The molecule has 2 amide bonds. The van der Waals surface area contributed by atoms with E-state index in [1.807, 2.05) is 6.92 Å². The third-order valence-corrected chi connectivity index (χ3v) is 5.97. The average Bonchev–Trinajstić information content (AvgIpc) is 2.58. The van der Waals surface area contributed by atoms with Crippen molar-refractivity contribution in [2.75, 3.05) is 31.1 Å². The Morgan fingerprint density at radius 3 is 2.48 bits per heavy atom. The quantitative estimate of drug-likeness (QED) is 0.755. The highest BCUT2D eigenvalue weighted by molar-refractivity contribution is 7.91. The van der Waals surface area contributed by atoms with Gasteiger partial charge in [-0.25, -0.2) is 18.0 Å². The molecule has 8 heteroatoms. The number of likely N-dealkylation sites (tertiary alicyclic amines) is 1. The molecular weight excluding hydrogens is 296 g/mol. The van der Waals surface area contributed by atoms with Crippen molar-refractivity contribution in [1.29, 1.82) is 0 Å². The molecule has 0 aromatic rings. The molecule has 0 aromatic heterocycles. The molecular formula is C13H22N2O5S. The number of hydrogen-bond donors (Lipinski definition) is 1. The Bertz CT molecular complexity index is 519. The standard InChI is InChI=1S/C13H22N2O5S/c1-10-4-2-6-15(11(10)12(16)17)13(18)14-5-3-8-21(19,20)9-7-14/h10-11H,2-9H2,1H3,(H,16,17). The van der Waals surface area contributed by atoms with Crippen molar-refractivity contribution in [3.63, 3.8) is 0 Å². The second kappa shape index (κ2) is 6.21. The molecule has 0 spiro atoms. The van der Waals surface area contributed by atoms with Gasteiger partial charge in [0, 0.05) is 19.6 Å². The number of carboxylic acids is 1. The summed E-state index contributed by atoms with van der Waals surface area (Å²) in [6, 6.07) is -1.16. The van der Waals surface area contributed by atoms with Gasteiger partial charge in [-0.1, -0.05) is 6.92 Å². The minimum atomic E-state index is -3.09. The monoisotopic (exact) mass is 318 g/mol. The van der Waals surface area contributed by atoms with E-state index in [1.165, 1.54) is 9.80 Å². The maximum atomic E-state index is 12.6. The lowest BCUT2D eigenvalue weighted by atomic mass is 9.91. The Hall–Kier alpha value is -1.31. The highest BCUT2D eigenvalue weighted by Crippen LogP contribution is 2.25. The summed E-state index contributed by atoms with van der Waals surface area (Å²) in [4.78, 5) is 26.9. The molecule has 0 bridgehead atoms. The molecule has 0 aliphatic carbocycles. The van der Waals surface area contributed by atoms with Gasteiger partial charge >= 0.3 is 12.0 Å². The van der Waals surface area contributed by atoms with Crippen LogP contribution in [0.4, 0.5) is 4.79 Å². The van der Waals surface area contributed by atoms with E-state index in [0.29, 0.717) is 19.5 Å². The second-order valence-electron chi connectivity index (χ2n) is 5.87. The van der Waals surface area contributed by atoms with Crippen molar-refractivity contribution in [3.05, 3.63) is 0 Å². The fourth-order valence-corrected chi connectivity index (χ4v) is 4.36. The van der Waals surface area contributed by atoms with Crippen LogP contribution in [0.5, 0.6) is 0 Å². The lowest BCUT2D eigenvalue weighted by Gasteiger charge is -2.39. The highest BCUT2D eigenvalue weighted by atomic mass is 32.2. The maximum Gasteiger partial charge on any atom is 0.326 e. The molecule has 2 heterocycles. The normalized spacial score (nSPS) is 29.8. The van der Waals surface area contributed by atoms with Gasteiger partial charge in [0.2, 0.25) is 0 Å². The number of carbonyl (C=O) groups excluding carboxylic acids is 1. The summed E-state index contributed by atoms with van der Waals surface area (Å²) in [7, 11) is -3.09. The molecule has 0 saturated carbocycles. The van der Waals surface area contributed by atoms with Crippen LogP contribution in [0.15, 0.2) is 0 Å². The summed E-state index contributed by atoms with van der Waals surface area (Å²) >= 11 is 0. The van der Waals surface area contributed by atoms with Crippen LogP contribution in [0.3, 0.4) is 0 Å². The van der Waals surface area contributed by atoms with E-state index < -0.39 is 21.8 Å². The Kier molecular flexibility index (Phi) is 4.75. The number of amides is 2. The lowest BCUT2D eigenvalue weighted by Crippen LogP contribution is -2.56. The largest absolute Gasteiger partial charge is 0.480 e. The summed E-state index contributed by atoms with van der Waals surface area (Å²) < 4.78 is 23.2. The molecule has 1 N–H and O–H groups in total. The van der Waals surface area contributed by atoms with E-state index in [2.05, 4.69) is 0 Å². The number of urea groups is 1. The zero-order chi connectivity index (χ0) is 15.6. The summed E-state index contributed by atoms with van der Waals surface area (Å²) in [5.74, 6) is -1.02. The van der Waals surface area contributed by atoms with Crippen LogP contribution < -0.4 is 0 Å². The number of aliphatic carboxylic acids is 1. The van der Waals surface area contributed by atoms with Crippen LogP contribution >= 0.6 is 0 Å². The van der Waals surface area contributed by atoms with Crippen LogP contribution in [0.25, 0.3) is 0 Å². The predicted octanol–water partition coefficient (Wildman–Crippen LogP) is 0.412. The molecule has 21 heavy (non-hydrogen) atoms. The van der Waals surface area contributed by atoms with E-state index in [4.69, 9.17) is 0 Å². The number of piperidine rings is 1. The Balaban J connectivity index is 2.12. The molecule has 2 aliphatic heterocycles. The number of carbonyl (C=O) groups is 2. The lowest BCUT2D eigenvalue weighted by molar-refractivity contribution is -0.145. The van der Waals surface area contributed by atoms with E-state index in [9.17, 15) is 23.1 Å². The fourth-order valence-electron chi connectivity index (χ4n) is 3.09. The highest BCUT2D eigenvalue weighted by Gasteiger charge is 2.39. The number of rotatable bonds is 1. The number of nitrogens with zero attached hydrogens (tertiary/aromatic N) is 2. The maximum absolute atomic E-state index is 12.6. The van der Waals surface area contributed by atoms with Gasteiger partial charge in [-0.3, -0.25) is 0 Å². The van der Waals surface area contributed by atoms with Crippen molar-refractivity contribution in [2.24, 2.45) is 5.92 Å². The van der Waals surface area contributed by atoms with Crippen molar-refractivity contribution < 1.29 is 23.1 Å². The molecule has 0 radical (unpaired) electrons. The third-order valence-electron chi connectivity index (χ3n) is 4.26. The Morgan fingerprint density at radius 1 is 1.10 bits per heavy atom. The van der Waals surface area contributed by atoms with Crippen molar-refractivity contribution >= 4 is 21.8 Å². The first-order valence-corrected chi connectivity index (χ1v) is 9.13. The first-order valence-electron chi connectivity index (χ1n) is 7.30. The van der Waals surface area contributed by atoms with Gasteiger partial charge in [0.25, 0.3) is 0 Å². The van der Waals surface area contributed by atoms with Crippen LogP contribution in [0.2, 0.25) is 0 Å². The molecule has 7 nitrogen and oxygen atoms in total. The van der Waals surface area contributed by atoms with Crippen LogP contribution in [-0.2, 0) is 14.6 Å². The van der Waals surface area contributed by atoms with E-state index in [1.54, 1.807) is 0 Å². The summed E-state index contributed by atoms with van der Waals surface area (Å²) in [5.41, 5.74) is 0. The third kappa shape index (κ3) is 3.66. The minimum Gasteiger partial charge on any atom is -0.480 e. The van der Waals surface area contributed by atoms with E-state index in [0.717, 1.165) is 12.8 Å². The van der Waals surface area contributed by atoms with Gasteiger partial charge < -0.3 is 14.9 Å². The summed E-state index contributed by atoms with van der Waals surface area (Å²) in [6.45, 7) is 2.78. The summed E-state index contributed by atoms with van der Waals surface area (Å²) in [5, 5.41) is 9.36. The van der Waals surface area contributed by atoms with Gasteiger partial charge in [0.05, 0.1) is 11.5 Å². The number of carboxylic acid groups (broad SMARTS) is 1. The molecule has 2 aliphatic rings. The van der Waals surface area contributed by atoms with Crippen molar-refractivity contribution in [1.82, 2.24) is 9.80 Å². The molecule has 2 atom stereocenters. The average molecular weight is 318 g/mol. The van der Waals surface area contributed by atoms with Gasteiger partial charge in [0.1, 0.15) is 6.04 Å². The zero-order valence-electron chi connectivity index (χ0n) is 12.2. The number of hydrogen-bond acceptors (Lipinski definition) is 4. The molecule has 120 valence electrons. The summed E-state index contributed by atoms with van der Waals surface area (Å²) in [6.07, 6.45) is 1.98. The second-order valence-corrected chi connectivity index (χ2v) is 8.17. The van der Waals surface area contributed by atoms with Crippen LogP contribution in [0, 0.1) is 5.92 Å². The van der Waals surface area contributed by atoms with Gasteiger partial charge in [0.15, 0.2) is 9.84 Å². The van der Waals surface area contributed by atoms with Crippen molar-refractivity contribution in [3.8, 4) is 0 Å². The molecule has 0 aromatic carbocycles.